The Morgan fingerprint density at radius 3 is 1.67 bits per heavy atom. The maximum Gasteiger partial charge on any atom is 0.123 e. The zero-order valence-electron chi connectivity index (χ0n) is 6.22. The summed E-state index contributed by atoms with van der Waals surface area (Å²) in [7, 11) is 0. The molecular formula is C8H8I2O2. The van der Waals surface area contributed by atoms with E-state index >= 15 is 0 Å². The number of phenolic OH excluding ortho intramolecular Hbond substituents is 2. The second-order valence-electron chi connectivity index (χ2n) is 2.38. The third kappa shape index (κ3) is 2.15. The minimum Gasteiger partial charge on any atom is -0.508 e. The average Bonchev–Trinajstić information content (AvgIpc) is 2.05. The Morgan fingerprint density at radius 1 is 0.917 bits per heavy atom. The lowest BCUT2D eigenvalue weighted by atomic mass is 10.1. The summed E-state index contributed by atoms with van der Waals surface area (Å²) in [6, 6.07) is 3.24. The van der Waals surface area contributed by atoms with E-state index in [-0.39, 0.29) is 11.5 Å². The Bertz CT molecular complexity index is 261. The van der Waals surface area contributed by atoms with Crippen LogP contribution in [0.3, 0.4) is 0 Å². The number of rotatable bonds is 2. The van der Waals surface area contributed by atoms with Gasteiger partial charge in [0, 0.05) is 26.0 Å². The Morgan fingerprint density at radius 2 is 1.33 bits per heavy atom. The molecule has 0 saturated heterocycles. The molecule has 2 nitrogen and oxygen atoms in total. The molecule has 1 rings (SSSR count). The summed E-state index contributed by atoms with van der Waals surface area (Å²) < 4.78 is 1.51. The molecule has 0 saturated carbocycles. The molecule has 1 aromatic carbocycles. The van der Waals surface area contributed by atoms with E-state index < -0.39 is 0 Å². The molecule has 0 radical (unpaired) electrons. The first-order valence-electron chi connectivity index (χ1n) is 3.34. The highest BCUT2D eigenvalue weighted by Crippen LogP contribution is 2.30. The Kier molecular flexibility index (Phi) is 3.88. The molecule has 0 spiro atoms. The van der Waals surface area contributed by atoms with Gasteiger partial charge in [0.05, 0.1) is 0 Å². The minimum atomic E-state index is 0.176. The van der Waals surface area contributed by atoms with Crippen LogP contribution in [-0.4, -0.2) is 10.2 Å². The maximum absolute atomic E-state index is 9.34. The van der Waals surface area contributed by atoms with Crippen molar-refractivity contribution in [3.8, 4) is 11.5 Å². The average molecular weight is 390 g/mol. The third-order valence-electron chi connectivity index (χ3n) is 1.57. The van der Waals surface area contributed by atoms with Crippen molar-refractivity contribution in [3.05, 3.63) is 23.3 Å². The summed E-state index contributed by atoms with van der Waals surface area (Å²) in [6.45, 7) is 0. The zero-order chi connectivity index (χ0) is 9.14. The lowest BCUT2D eigenvalue weighted by Gasteiger charge is -2.05. The van der Waals surface area contributed by atoms with Crippen LogP contribution in [0.5, 0.6) is 11.5 Å². The largest absolute Gasteiger partial charge is 0.508 e. The van der Waals surface area contributed by atoms with E-state index in [1.807, 2.05) is 6.07 Å². The summed E-state index contributed by atoms with van der Waals surface area (Å²) >= 11 is 4.36. The van der Waals surface area contributed by atoms with Crippen molar-refractivity contribution in [2.45, 2.75) is 8.86 Å². The second-order valence-corrected chi connectivity index (χ2v) is 3.90. The van der Waals surface area contributed by atoms with Crippen molar-refractivity contribution in [3.63, 3.8) is 0 Å². The van der Waals surface area contributed by atoms with Gasteiger partial charge in [-0.05, 0) is 6.07 Å². The van der Waals surface area contributed by atoms with Crippen molar-refractivity contribution >= 4 is 45.2 Å². The van der Waals surface area contributed by atoms with Gasteiger partial charge in [0.15, 0.2) is 0 Å². The van der Waals surface area contributed by atoms with Crippen LogP contribution in [0.2, 0.25) is 0 Å². The van der Waals surface area contributed by atoms with Gasteiger partial charge in [0.25, 0.3) is 0 Å². The van der Waals surface area contributed by atoms with Gasteiger partial charge >= 0.3 is 0 Å². The molecule has 0 fully saturated rings. The van der Waals surface area contributed by atoms with Crippen LogP contribution in [0.4, 0.5) is 0 Å². The fourth-order valence-corrected chi connectivity index (χ4v) is 2.11. The molecule has 0 amide bonds. The molecule has 0 atom stereocenters. The normalized spacial score (nSPS) is 10.2. The summed E-state index contributed by atoms with van der Waals surface area (Å²) in [4.78, 5) is 0. The van der Waals surface area contributed by atoms with Crippen LogP contribution in [0.25, 0.3) is 0 Å². The number of hydrogen-bond donors (Lipinski definition) is 2. The lowest BCUT2D eigenvalue weighted by molar-refractivity contribution is 0.445. The van der Waals surface area contributed by atoms with Crippen molar-refractivity contribution in [1.29, 1.82) is 0 Å². The van der Waals surface area contributed by atoms with Gasteiger partial charge in [-0.2, -0.15) is 0 Å². The van der Waals surface area contributed by atoms with Crippen LogP contribution in [0.1, 0.15) is 11.1 Å². The van der Waals surface area contributed by atoms with E-state index in [1.165, 1.54) is 6.07 Å². The molecule has 0 heterocycles. The molecular weight excluding hydrogens is 382 g/mol. The fraction of sp³-hybridized carbons (Fsp3) is 0.250. The highest BCUT2D eigenvalue weighted by atomic mass is 127. The first kappa shape index (κ1) is 10.4. The number of hydrogen-bond acceptors (Lipinski definition) is 2. The monoisotopic (exact) mass is 390 g/mol. The highest BCUT2D eigenvalue weighted by Gasteiger charge is 2.05. The molecule has 1 aromatic rings. The fourth-order valence-electron chi connectivity index (χ4n) is 0.887. The van der Waals surface area contributed by atoms with Gasteiger partial charge in [0.1, 0.15) is 11.5 Å². The van der Waals surface area contributed by atoms with Crippen molar-refractivity contribution in [2.24, 2.45) is 0 Å². The van der Waals surface area contributed by atoms with Gasteiger partial charge in [0.2, 0.25) is 0 Å². The maximum atomic E-state index is 9.34. The van der Waals surface area contributed by atoms with Crippen molar-refractivity contribution in [2.75, 3.05) is 0 Å². The topological polar surface area (TPSA) is 40.5 Å². The molecule has 4 heteroatoms. The third-order valence-corrected chi connectivity index (χ3v) is 3.21. The molecule has 0 aromatic heterocycles. The number of phenols is 2. The van der Waals surface area contributed by atoms with Crippen LogP contribution < -0.4 is 0 Å². The van der Waals surface area contributed by atoms with Crippen LogP contribution >= 0.6 is 45.2 Å². The summed E-state index contributed by atoms with van der Waals surface area (Å²) in [5, 5.41) is 18.7. The number of alkyl halides is 2. The standard InChI is InChI=1S/C8H8I2O2/c9-3-5-1-6(4-10)8(12)2-7(5)11/h1-2,11-12H,3-4H2. The van der Waals surface area contributed by atoms with Crippen LogP contribution in [0.15, 0.2) is 12.1 Å². The van der Waals surface area contributed by atoms with E-state index in [0.717, 1.165) is 20.0 Å². The van der Waals surface area contributed by atoms with Crippen LogP contribution in [-0.2, 0) is 8.86 Å². The molecule has 0 unspecified atom stereocenters. The van der Waals surface area contributed by atoms with E-state index in [2.05, 4.69) is 45.2 Å². The number of halogens is 2. The molecule has 66 valence electrons. The molecule has 12 heavy (non-hydrogen) atoms. The Labute approximate surface area is 98.3 Å². The SMILES string of the molecule is Oc1cc(O)c(CI)cc1CI. The first-order chi connectivity index (χ1) is 5.69. The Balaban J connectivity index is 3.18. The van der Waals surface area contributed by atoms with Gasteiger partial charge in [-0.15, -0.1) is 0 Å². The van der Waals surface area contributed by atoms with E-state index in [0.29, 0.717) is 0 Å². The summed E-state index contributed by atoms with van der Waals surface area (Å²) in [5.41, 5.74) is 1.75. The molecule has 0 aliphatic heterocycles. The predicted octanol–water partition coefficient (Wildman–Crippen LogP) is 2.97. The Hall–Kier alpha value is 0.280. The van der Waals surface area contributed by atoms with Gasteiger partial charge in [-0.3, -0.25) is 0 Å². The number of benzene rings is 1. The van der Waals surface area contributed by atoms with Gasteiger partial charge < -0.3 is 10.2 Å². The van der Waals surface area contributed by atoms with Gasteiger partial charge in [-0.25, -0.2) is 0 Å². The zero-order valence-corrected chi connectivity index (χ0v) is 10.5. The quantitative estimate of drug-likeness (QED) is 0.603. The molecule has 0 bridgehead atoms. The second kappa shape index (κ2) is 4.50. The lowest BCUT2D eigenvalue weighted by Crippen LogP contribution is -1.84. The molecule has 0 aliphatic carbocycles. The summed E-state index contributed by atoms with van der Waals surface area (Å²) in [6.07, 6.45) is 0. The van der Waals surface area contributed by atoms with E-state index in [1.54, 1.807) is 0 Å². The first-order valence-corrected chi connectivity index (χ1v) is 6.39. The summed E-state index contributed by atoms with van der Waals surface area (Å²) in [5.74, 6) is 0.353. The smallest absolute Gasteiger partial charge is 0.123 e. The predicted molar refractivity (Wildman–Crippen MR) is 65.2 cm³/mol. The van der Waals surface area contributed by atoms with E-state index in [4.69, 9.17) is 0 Å². The molecule has 0 aliphatic rings. The van der Waals surface area contributed by atoms with E-state index in [9.17, 15) is 10.2 Å². The van der Waals surface area contributed by atoms with Crippen LogP contribution in [0, 0.1) is 0 Å². The number of aromatic hydroxyl groups is 2. The minimum absolute atomic E-state index is 0.176. The van der Waals surface area contributed by atoms with Crippen molar-refractivity contribution in [1.82, 2.24) is 0 Å². The highest BCUT2D eigenvalue weighted by molar-refractivity contribution is 14.1. The van der Waals surface area contributed by atoms with Gasteiger partial charge in [-0.1, -0.05) is 45.2 Å². The molecule has 2 N–H and O–H groups in total. The van der Waals surface area contributed by atoms with Crippen molar-refractivity contribution < 1.29 is 10.2 Å².